The zero-order valence-electron chi connectivity index (χ0n) is 18.8. The van der Waals surface area contributed by atoms with Gasteiger partial charge < -0.3 is 14.0 Å². The first-order valence-corrected chi connectivity index (χ1v) is 10.9. The van der Waals surface area contributed by atoms with Crippen LogP contribution in [0.1, 0.15) is 42.3 Å². The third-order valence-corrected chi connectivity index (χ3v) is 5.49. The molecule has 4 nitrogen and oxygen atoms in total. The van der Waals surface area contributed by atoms with Gasteiger partial charge in [0.05, 0.1) is 17.6 Å². The number of hydrogen-bond acceptors (Lipinski definition) is 3. The van der Waals surface area contributed by atoms with Crippen LogP contribution in [0.3, 0.4) is 0 Å². The van der Waals surface area contributed by atoms with E-state index >= 15 is 0 Å². The molecule has 4 rings (SSSR count). The molecule has 0 unspecified atom stereocenters. The number of fused-ring (bicyclic) bond motifs is 1. The van der Waals surface area contributed by atoms with E-state index in [1.165, 1.54) is 16.7 Å². The summed E-state index contributed by atoms with van der Waals surface area (Å²) in [6.07, 6.45) is 0. The average molecular weight is 415 g/mol. The zero-order valence-corrected chi connectivity index (χ0v) is 18.8. The lowest BCUT2D eigenvalue weighted by Gasteiger charge is -2.16. The summed E-state index contributed by atoms with van der Waals surface area (Å²) in [4.78, 5) is 4.84. The Morgan fingerprint density at radius 3 is 2.39 bits per heavy atom. The number of nitrogens with zero attached hydrogens (tertiary/aromatic N) is 2. The minimum atomic E-state index is 0.400. The number of para-hydroxylation sites is 2. The van der Waals surface area contributed by atoms with Crippen molar-refractivity contribution in [1.29, 1.82) is 0 Å². The molecule has 0 spiro atoms. The second-order valence-corrected chi connectivity index (χ2v) is 8.31. The Morgan fingerprint density at radius 2 is 1.61 bits per heavy atom. The van der Waals surface area contributed by atoms with E-state index in [9.17, 15) is 0 Å². The van der Waals surface area contributed by atoms with E-state index in [1.54, 1.807) is 0 Å². The lowest BCUT2D eigenvalue weighted by molar-refractivity contribution is 0.270. The maximum absolute atomic E-state index is 6.29. The van der Waals surface area contributed by atoms with Crippen molar-refractivity contribution in [3.05, 3.63) is 89.2 Å². The molecule has 4 heteroatoms. The van der Waals surface area contributed by atoms with Gasteiger partial charge in [0.25, 0.3) is 0 Å². The Labute approximate surface area is 184 Å². The fourth-order valence-corrected chi connectivity index (χ4v) is 3.76. The summed E-state index contributed by atoms with van der Waals surface area (Å²) < 4.78 is 14.5. The number of imidazole rings is 1. The van der Waals surface area contributed by atoms with Gasteiger partial charge in [0.15, 0.2) is 0 Å². The van der Waals surface area contributed by atoms with Crippen LogP contribution in [-0.2, 0) is 13.2 Å². The standard InChI is InChI=1S/C27H30N2O2/c1-19(2)23-14-11-21(4)17-26(23)31-18-27-28-24-7-5-6-8-25(24)29(27)15-16-30-22-12-9-20(3)10-13-22/h5-14,17,19H,15-16,18H2,1-4H3. The molecule has 0 fully saturated rings. The minimum absolute atomic E-state index is 0.400. The highest BCUT2D eigenvalue weighted by Crippen LogP contribution is 2.28. The Balaban J connectivity index is 1.54. The molecule has 0 bridgehead atoms. The first kappa shape index (κ1) is 21.0. The molecule has 0 atom stereocenters. The van der Waals surface area contributed by atoms with Crippen molar-refractivity contribution in [2.45, 2.75) is 46.8 Å². The number of aryl methyl sites for hydroxylation is 2. The van der Waals surface area contributed by atoms with Crippen LogP contribution in [0, 0.1) is 13.8 Å². The molecule has 0 aliphatic heterocycles. The monoisotopic (exact) mass is 414 g/mol. The fraction of sp³-hybridized carbons (Fsp3) is 0.296. The summed E-state index contributed by atoms with van der Waals surface area (Å²) in [5.41, 5.74) is 5.71. The Kier molecular flexibility index (Phi) is 6.26. The number of aromatic nitrogens is 2. The Bertz CT molecular complexity index is 1160. The van der Waals surface area contributed by atoms with E-state index in [-0.39, 0.29) is 0 Å². The quantitative estimate of drug-likeness (QED) is 0.333. The van der Waals surface area contributed by atoms with Crippen molar-refractivity contribution in [3.63, 3.8) is 0 Å². The lowest BCUT2D eigenvalue weighted by Crippen LogP contribution is -2.13. The molecule has 1 heterocycles. The van der Waals surface area contributed by atoms with E-state index in [0.29, 0.717) is 25.7 Å². The molecule has 0 amide bonds. The lowest BCUT2D eigenvalue weighted by atomic mass is 10.0. The van der Waals surface area contributed by atoms with Crippen LogP contribution in [0.25, 0.3) is 11.0 Å². The summed E-state index contributed by atoms with van der Waals surface area (Å²) in [6.45, 7) is 10.2. The molecule has 3 aromatic carbocycles. The van der Waals surface area contributed by atoms with Gasteiger partial charge in [0.1, 0.15) is 30.5 Å². The molecule has 0 saturated carbocycles. The average Bonchev–Trinajstić information content (AvgIpc) is 3.11. The third kappa shape index (κ3) is 4.91. The number of ether oxygens (including phenoxy) is 2. The summed E-state index contributed by atoms with van der Waals surface area (Å²) in [5.74, 6) is 3.13. The van der Waals surface area contributed by atoms with Gasteiger partial charge in [-0.3, -0.25) is 0 Å². The molecule has 0 aliphatic rings. The summed E-state index contributed by atoms with van der Waals surface area (Å²) in [7, 11) is 0. The van der Waals surface area contributed by atoms with Crippen LogP contribution in [0.2, 0.25) is 0 Å². The molecule has 0 N–H and O–H groups in total. The number of benzene rings is 3. The van der Waals surface area contributed by atoms with E-state index in [2.05, 4.69) is 68.7 Å². The van der Waals surface area contributed by atoms with E-state index in [0.717, 1.165) is 28.4 Å². The van der Waals surface area contributed by atoms with Gasteiger partial charge in [-0.25, -0.2) is 4.98 Å². The smallest absolute Gasteiger partial charge is 0.148 e. The van der Waals surface area contributed by atoms with Crippen molar-refractivity contribution >= 4 is 11.0 Å². The first-order valence-electron chi connectivity index (χ1n) is 10.9. The highest BCUT2D eigenvalue weighted by atomic mass is 16.5. The van der Waals surface area contributed by atoms with Gasteiger partial charge in [-0.05, 0) is 61.2 Å². The zero-order chi connectivity index (χ0) is 21.8. The molecule has 0 saturated heterocycles. The number of hydrogen-bond donors (Lipinski definition) is 0. The second-order valence-electron chi connectivity index (χ2n) is 8.31. The van der Waals surface area contributed by atoms with Crippen LogP contribution in [0.4, 0.5) is 0 Å². The van der Waals surface area contributed by atoms with Gasteiger partial charge in [0.2, 0.25) is 0 Å². The van der Waals surface area contributed by atoms with Crippen LogP contribution in [-0.4, -0.2) is 16.2 Å². The predicted octanol–water partition coefficient (Wildman–Crippen LogP) is 6.43. The fourth-order valence-electron chi connectivity index (χ4n) is 3.76. The molecule has 0 aliphatic carbocycles. The van der Waals surface area contributed by atoms with Crippen LogP contribution >= 0.6 is 0 Å². The molecule has 0 radical (unpaired) electrons. The minimum Gasteiger partial charge on any atom is -0.492 e. The molecular weight excluding hydrogens is 384 g/mol. The molecule has 1 aromatic heterocycles. The molecule has 31 heavy (non-hydrogen) atoms. The summed E-state index contributed by atoms with van der Waals surface area (Å²) in [6, 6.07) is 22.8. The van der Waals surface area contributed by atoms with Crippen molar-refractivity contribution < 1.29 is 9.47 Å². The van der Waals surface area contributed by atoms with Crippen LogP contribution in [0.15, 0.2) is 66.7 Å². The van der Waals surface area contributed by atoms with Crippen molar-refractivity contribution in [2.24, 2.45) is 0 Å². The summed E-state index contributed by atoms with van der Waals surface area (Å²) in [5, 5.41) is 0. The third-order valence-electron chi connectivity index (χ3n) is 5.49. The topological polar surface area (TPSA) is 36.3 Å². The largest absolute Gasteiger partial charge is 0.492 e. The van der Waals surface area contributed by atoms with Crippen molar-refractivity contribution in [1.82, 2.24) is 9.55 Å². The van der Waals surface area contributed by atoms with Crippen LogP contribution < -0.4 is 9.47 Å². The first-order chi connectivity index (χ1) is 15.0. The molecule has 160 valence electrons. The second kappa shape index (κ2) is 9.25. The predicted molar refractivity (Wildman–Crippen MR) is 126 cm³/mol. The van der Waals surface area contributed by atoms with Gasteiger partial charge in [-0.1, -0.05) is 55.8 Å². The Morgan fingerprint density at radius 1 is 0.871 bits per heavy atom. The van der Waals surface area contributed by atoms with Gasteiger partial charge in [-0.15, -0.1) is 0 Å². The molecular formula is C27H30N2O2. The normalized spacial score (nSPS) is 11.3. The maximum atomic E-state index is 6.29. The number of rotatable bonds is 8. The maximum Gasteiger partial charge on any atom is 0.148 e. The highest BCUT2D eigenvalue weighted by Gasteiger charge is 2.14. The van der Waals surface area contributed by atoms with Crippen LogP contribution in [0.5, 0.6) is 11.5 Å². The molecule has 4 aromatic rings. The van der Waals surface area contributed by atoms with Crippen molar-refractivity contribution in [2.75, 3.05) is 6.61 Å². The van der Waals surface area contributed by atoms with E-state index < -0.39 is 0 Å². The van der Waals surface area contributed by atoms with Gasteiger partial charge in [-0.2, -0.15) is 0 Å². The Hall–Kier alpha value is -3.27. The van der Waals surface area contributed by atoms with E-state index in [4.69, 9.17) is 14.5 Å². The SMILES string of the molecule is Cc1ccc(OCCn2c(COc3cc(C)ccc3C(C)C)nc3ccccc32)cc1. The van der Waals surface area contributed by atoms with Gasteiger partial charge in [0, 0.05) is 0 Å². The summed E-state index contributed by atoms with van der Waals surface area (Å²) >= 11 is 0. The highest BCUT2D eigenvalue weighted by molar-refractivity contribution is 5.75. The van der Waals surface area contributed by atoms with Crippen molar-refractivity contribution in [3.8, 4) is 11.5 Å². The van der Waals surface area contributed by atoms with Gasteiger partial charge >= 0.3 is 0 Å². The van der Waals surface area contributed by atoms with E-state index in [1.807, 2.05) is 30.3 Å².